The molecule has 0 radical (unpaired) electrons. The van der Waals surface area contributed by atoms with Gasteiger partial charge in [-0.3, -0.25) is 19.3 Å². The molecule has 9 heteroatoms. The van der Waals surface area contributed by atoms with Crippen molar-refractivity contribution in [2.45, 2.75) is 33.1 Å². The minimum absolute atomic E-state index is 0.0241. The van der Waals surface area contributed by atoms with Gasteiger partial charge in [-0.05, 0) is 80.8 Å². The van der Waals surface area contributed by atoms with Gasteiger partial charge in [-0.2, -0.15) is 0 Å². The van der Waals surface area contributed by atoms with Crippen molar-refractivity contribution >= 4 is 46.5 Å². The second kappa shape index (κ2) is 9.11. The number of aromatic nitrogens is 1. The van der Waals surface area contributed by atoms with Crippen LogP contribution in [0.3, 0.4) is 0 Å². The van der Waals surface area contributed by atoms with Crippen molar-refractivity contribution in [3.63, 3.8) is 0 Å². The number of imide groups is 1. The van der Waals surface area contributed by atoms with Crippen molar-refractivity contribution < 1.29 is 18.8 Å². The molecule has 0 spiro atoms. The number of carbonyl (C=O) groups excluding carboxylic acids is 3. The first kappa shape index (κ1) is 22.6. The molecule has 32 heavy (non-hydrogen) atoms. The molecule has 2 fully saturated rings. The number of likely N-dealkylation sites (tertiary alicyclic amines) is 1. The quantitative estimate of drug-likeness (QED) is 0.588. The number of aryl methyl sites for hydroxylation is 1. The highest BCUT2D eigenvalue weighted by atomic mass is 35.5. The highest BCUT2D eigenvalue weighted by Crippen LogP contribution is 2.34. The molecule has 2 saturated heterocycles. The van der Waals surface area contributed by atoms with Gasteiger partial charge in [0.25, 0.3) is 11.1 Å². The average Bonchev–Trinajstić information content (AvgIpc) is 3.20. The minimum atomic E-state index is -0.495. The van der Waals surface area contributed by atoms with Gasteiger partial charge in [-0.25, -0.2) is 4.39 Å². The number of amides is 3. The normalized spacial score (nSPS) is 18.2. The average molecular weight is 476 g/mol. The summed E-state index contributed by atoms with van der Waals surface area (Å²) in [4.78, 5) is 40.9. The molecule has 0 aliphatic carbocycles. The molecule has 0 unspecified atom stereocenters. The Kier molecular flexibility index (Phi) is 6.44. The number of thioether (sulfide) groups is 1. The molecule has 4 rings (SSSR count). The molecule has 0 saturated carbocycles. The monoisotopic (exact) mass is 475 g/mol. The van der Waals surface area contributed by atoms with Crippen LogP contribution in [0.15, 0.2) is 29.2 Å². The lowest BCUT2D eigenvalue weighted by Gasteiger charge is -2.27. The van der Waals surface area contributed by atoms with E-state index in [-0.39, 0.29) is 22.4 Å². The number of benzene rings is 1. The van der Waals surface area contributed by atoms with Gasteiger partial charge >= 0.3 is 0 Å². The molecule has 168 valence electrons. The van der Waals surface area contributed by atoms with E-state index in [9.17, 15) is 18.8 Å². The van der Waals surface area contributed by atoms with E-state index in [0.29, 0.717) is 18.8 Å². The van der Waals surface area contributed by atoms with Gasteiger partial charge in [-0.1, -0.05) is 11.6 Å². The first-order chi connectivity index (χ1) is 15.3. The fourth-order valence-corrected chi connectivity index (χ4v) is 5.12. The summed E-state index contributed by atoms with van der Waals surface area (Å²) in [5.74, 6) is -1.15. The molecule has 0 N–H and O–H groups in total. The Morgan fingerprint density at radius 1 is 1.16 bits per heavy atom. The summed E-state index contributed by atoms with van der Waals surface area (Å²) in [6, 6.07) is 6.37. The predicted molar refractivity (Wildman–Crippen MR) is 123 cm³/mol. The summed E-state index contributed by atoms with van der Waals surface area (Å²) in [7, 11) is 0. The molecule has 1 aromatic carbocycles. The van der Waals surface area contributed by atoms with Crippen molar-refractivity contribution in [2.75, 3.05) is 19.6 Å². The van der Waals surface area contributed by atoms with Crippen molar-refractivity contribution in [3.05, 3.63) is 57.0 Å². The second-order valence-electron chi connectivity index (χ2n) is 7.97. The standard InChI is InChI=1S/C23H23ClFN3O3S/c1-14-10-16(15(2)28(14)17-6-7-19(25)18(24)12-17)11-20-22(30)27(23(31)32-20)13-21(29)26-8-4-3-5-9-26/h6-7,10-12H,3-5,8-9,13H2,1-2H3/b20-11-. The van der Waals surface area contributed by atoms with Crippen molar-refractivity contribution in [1.29, 1.82) is 0 Å². The van der Waals surface area contributed by atoms with Crippen LogP contribution in [0, 0.1) is 19.7 Å². The number of hydrogen-bond donors (Lipinski definition) is 0. The van der Waals surface area contributed by atoms with E-state index in [1.807, 2.05) is 24.5 Å². The Labute approximate surface area is 195 Å². The van der Waals surface area contributed by atoms with Crippen LogP contribution in [0.2, 0.25) is 5.02 Å². The van der Waals surface area contributed by atoms with Gasteiger partial charge < -0.3 is 9.47 Å². The summed E-state index contributed by atoms with van der Waals surface area (Å²) < 4.78 is 15.5. The lowest BCUT2D eigenvalue weighted by atomic mass is 10.1. The maximum atomic E-state index is 13.6. The lowest BCUT2D eigenvalue weighted by Crippen LogP contribution is -2.44. The van der Waals surface area contributed by atoms with Crippen LogP contribution in [0.4, 0.5) is 9.18 Å². The fraction of sp³-hybridized carbons (Fsp3) is 0.348. The molecule has 1 aromatic heterocycles. The molecule has 2 aromatic rings. The zero-order valence-electron chi connectivity index (χ0n) is 17.9. The Bertz CT molecular complexity index is 1140. The highest BCUT2D eigenvalue weighted by Gasteiger charge is 2.37. The van der Waals surface area contributed by atoms with Gasteiger partial charge in [0.05, 0.1) is 9.93 Å². The molecule has 3 heterocycles. The molecule has 6 nitrogen and oxygen atoms in total. The summed E-state index contributed by atoms with van der Waals surface area (Å²) >= 11 is 6.78. The summed E-state index contributed by atoms with van der Waals surface area (Å²) in [5.41, 5.74) is 3.15. The van der Waals surface area contributed by atoms with Crippen molar-refractivity contribution in [2.24, 2.45) is 0 Å². The topological polar surface area (TPSA) is 62.6 Å². The van der Waals surface area contributed by atoms with Crippen molar-refractivity contribution in [1.82, 2.24) is 14.4 Å². The number of rotatable bonds is 4. The van der Waals surface area contributed by atoms with Gasteiger partial charge in [0.1, 0.15) is 12.4 Å². The molecule has 3 amide bonds. The summed E-state index contributed by atoms with van der Waals surface area (Å²) in [6.07, 6.45) is 4.65. The third kappa shape index (κ3) is 4.34. The smallest absolute Gasteiger partial charge is 0.294 e. The van der Waals surface area contributed by atoms with Gasteiger partial charge in [0.2, 0.25) is 5.91 Å². The predicted octanol–water partition coefficient (Wildman–Crippen LogP) is 4.94. The van der Waals surface area contributed by atoms with E-state index in [4.69, 9.17) is 11.6 Å². The number of nitrogens with zero attached hydrogens (tertiary/aromatic N) is 3. The van der Waals surface area contributed by atoms with Crippen LogP contribution < -0.4 is 0 Å². The van der Waals surface area contributed by atoms with E-state index >= 15 is 0 Å². The second-order valence-corrected chi connectivity index (χ2v) is 9.37. The zero-order chi connectivity index (χ0) is 23.0. The Hall–Kier alpha value is -2.58. The van der Waals surface area contributed by atoms with Crippen LogP contribution in [0.1, 0.15) is 36.2 Å². The van der Waals surface area contributed by atoms with Crippen molar-refractivity contribution in [3.8, 4) is 5.69 Å². The molecule has 0 bridgehead atoms. The first-order valence-corrected chi connectivity index (χ1v) is 11.6. The Morgan fingerprint density at radius 2 is 1.88 bits per heavy atom. The van der Waals surface area contributed by atoms with Crippen LogP contribution in [0.25, 0.3) is 11.8 Å². The first-order valence-electron chi connectivity index (χ1n) is 10.4. The summed E-state index contributed by atoms with van der Waals surface area (Å²) in [6.45, 7) is 4.88. The van der Waals surface area contributed by atoms with Crippen LogP contribution in [0.5, 0.6) is 0 Å². The Balaban J connectivity index is 1.56. The maximum Gasteiger partial charge on any atom is 0.294 e. The number of piperidine rings is 1. The third-order valence-corrected chi connectivity index (χ3v) is 6.99. The van der Waals surface area contributed by atoms with E-state index < -0.39 is 17.0 Å². The lowest BCUT2D eigenvalue weighted by molar-refractivity contribution is -0.136. The number of hydrogen-bond acceptors (Lipinski definition) is 4. The van der Waals surface area contributed by atoms with Gasteiger partial charge in [-0.15, -0.1) is 0 Å². The van der Waals surface area contributed by atoms with E-state index in [0.717, 1.165) is 52.9 Å². The summed E-state index contributed by atoms with van der Waals surface area (Å²) in [5, 5.41) is -0.415. The zero-order valence-corrected chi connectivity index (χ0v) is 19.4. The third-order valence-electron chi connectivity index (χ3n) is 5.79. The SMILES string of the molecule is Cc1cc(/C=C2\SC(=O)N(CC(=O)N3CCCCC3)C2=O)c(C)n1-c1ccc(F)c(Cl)c1. The van der Waals surface area contributed by atoms with Gasteiger partial charge in [0, 0.05) is 30.2 Å². The number of carbonyl (C=O) groups is 3. The van der Waals surface area contributed by atoms with Gasteiger partial charge in [0.15, 0.2) is 0 Å². The molecular formula is C23H23ClFN3O3S. The molecule has 2 aliphatic heterocycles. The van der Waals surface area contributed by atoms with E-state index in [2.05, 4.69) is 0 Å². The fourth-order valence-electron chi connectivity index (χ4n) is 4.11. The maximum absolute atomic E-state index is 13.6. The number of halogens is 2. The molecule has 0 atom stereocenters. The minimum Gasteiger partial charge on any atom is -0.341 e. The molecule has 2 aliphatic rings. The van der Waals surface area contributed by atoms with Crippen LogP contribution in [-0.4, -0.2) is 51.1 Å². The van der Waals surface area contributed by atoms with Crippen LogP contribution in [-0.2, 0) is 9.59 Å². The largest absolute Gasteiger partial charge is 0.341 e. The van der Waals surface area contributed by atoms with E-state index in [1.165, 1.54) is 6.07 Å². The van der Waals surface area contributed by atoms with Crippen LogP contribution >= 0.6 is 23.4 Å². The Morgan fingerprint density at radius 3 is 2.56 bits per heavy atom. The van der Waals surface area contributed by atoms with E-state index in [1.54, 1.807) is 23.1 Å². The highest BCUT2D eigenvalue weighted by molar-refractivity contribution is 8.18. The molecular weight excluding hydrogens is 453 g/mol.